The summed E-state index contributed by atoms with van der Waals surface area (Å²) in [7, 11) is 3.13. The van der Waals surface area contributed by atoms with E-state index in [0.29, 0.717) is 28.3 Å². The minimum atomic E-state index is -1.02. The van der Waals surface area contributed by atoms with Crippen molar-refractivity contribution >= 4 is 28.5 Å². The van der Waals surface area contributed by atoms with E-state index in [0.717, 1.165) is 42.3 Å². The summed E-state index contributed by atoms with van der Waals surface area (Å²) in [6.07, 6.45) is 3.96. The van der Waals surface area contributed by atoms with Crippen LogP contribution in [-0.2, 0) is 16.1 Å². The smallest absolute Gasteiger partial charge is 0.249 e. The van der Waals surface area contributed by atoms with Crippen LogP contribution >= 0.6 is 0 Å². The van der Waals surface area contributed by atoms with E-state index in [-0.39, 0.29) is 24.4 Å². The Morgan fingerprint density at radius 2 is 1.80 bits per heavy atom. The quantitative estimate of drug-likeness (QED) is 0.324. The highest BCUT2D eigenvalue weighted by atomic mass is 16.5. The first-order valence-electron chi connectivity index (χ1n) is 13.6. The minimum absolute atomic E-state index is 0.0573. The lowest BCUT2D eigenvalue weighted by Gasteiger charge is -2.34. The second-order valence-corrected chi connectivity index (χ2v) is 10.3. The van der Waals surface area contributed by atoms with Crippen LogP contribution in [0.4, 0.5) is 5.69 Å². The molecule has 0 spiro atoms. The first kappa shape index (κ1) is 27.2. The summed E-state index contributed by atoms with van der Waals surface area (Å²) in [5, 5.41) is 11.7. The first-order valence-corrected chi connectivity index (χ1v) is 13.6. The van der Waals surface area contributed by atoms with Crippen molar-refractivity contribution in [3.63, 3.8) is 0 Å². The van der Waals surface area contributed by atoms with Gasteiger partial charge in [0.1, 0.15) is 29.6 Å². The topological polar surface area (TPSA) is 98.6 Å². The Bertz CT molecular complexity index is 1530. The molecule has 2 amide bonds. The van der Waals surface area contributed by atoms with E-state index in [1.54, 1.807) is 42.0 Å². The van der Waals surface area contributed by atoms with Gasteiger partial charge in [0, 0.05) is 17.3 Å². The highest BCUT2D eigenvalue weighted by molar-refractivity contribution is 6.02. The molecule has 1 N–H and O–H groups in total. The molecule has 0 bridgehead atoms. The van der Waals surface area contributed by atoms with E-state index in [2.05, 4.69) is 15.6 Å². The summed E-state index contributed by atoms with van der Waals surface area (Å²) in [4.78, 5) is 30.2. The fraction of sp³-hybridized carbons (Fsp3) is 0.355. The van der Waals surface area contributed by atoms with E-state index in [1.165, 1.54) is 0 Å². The van der Waals surface area contributed by atoms with E-state index < -0.39 is 6.04 Å². The van der Waals surface area contributed by atoms with Gasteiger partial charge in [-0.2, -0.15) is 0 Å². The second kappa shape index (κ2) is 11.8. The van der Waals surface area contributed by atoms with Crippen molar-refractivity contribution in [3.8, 4) is 11.5 Å². The number of nitrogens with zero attached hydrogens (tertiary/aromatic N) is 4. The Hall–Kier alpha value is -4.40. The molecule has 9 nitrogen and oxygen atoms in total. The molecule has 4 aromatic rings. The average molecular weight is 542 g/mol. The zero-order valence-electron chi connectivity index (χ0n) is 23.4. The van der Waals surface area contributed by atoms with Crippen LogP contribution in [0.2, 0.25) is 0 Å². The number of fused-ring (bicyclic) bond motifs is 1. The van der Waals surface area contributed by atoms with Crippen molar-refractivity contribution in [1.29, 1.82) is 0 Å². The molecular formula is C31H35N5O4. The average Bonchev–Trinajstić information content (AvgIpc) is 3.62. The summed E-state index contributed by atoms with van der Waals surface area (Å²) >= 11 is 0. The fourth-order valence-corrected chi connectivity index (χ4v) is 5.53. The monoisotopic (exact) mass is 541 g/mol. The lowest BCUT2D eigenvalue weighted by Crippen LogP contribution is -2.47. The molecule has 0 radical (unpaired) electrons. The third-order valence-corrected chi connectivity index (χ3v) is 7.53. The van der Waals surface area contributed by atoms with Gasteiger partial charge >= 0.3 is 0 Å². The van der Waals surface area contributed by atoms with Gasteiger partial charge in [0.15, 0.2) is 0 Å². The van der Waals surface area contributed by atoms with Crippen molar-refractivity contribution in [2.45, 2.75) is 58.2 Å². The maximum atomic E-state index is 14.4. The van der Waals surface area contributed by atoms with Crippen molar-refractivity contribution in [1.82, 2.24) is 20.3 Å². The molecule has 5 rings (SSSR count). The predicted molar refractivity (Wildman–Crippen MR) is 154 cm³/mol. The first-order chi connectivity index (χ1) is 19.4. The number of benzene rings is 3. The summed E-state index contributed by atoms with van der Waals surface area (Å²) in [6, 6.07) is 17.7. The number of aryl methyl sites for hydroxylation is 2. The fourth-order valence-electron chi connectivity index (χ4n) is 5.53. The molecule has 0 aliphatic heterocycles. The lowest BCUT2D eigenvalue weighted by atomic mass is 9.99. The van der Waals surface area contributed by atoms with Gasteiger partial charge in [-0.1, -0.05) is 47.9 Å². The molecule has 3 aromatic carbocycles. The van der Waals surface area contributed by atoms with Gasteiger partial charge in [-0.25, -0.2) is 4.68 Å². The zero-order valence-corrected chi connectivity index (χ0v) is 23.4. The number of nitrogens with one attached hydrogen (secondary N) is 1. The summed E-state index contributed by atoms with van der Waals surface area (Å²) in [5.41, 5.74) is 4.53. The van der Waals surface area contributed by atoms with Crippen molar-refractivity contribution in [3.05, 3.63) is 77.4 Å². The SMILES string of the molecule is COc1ccc(OC)c([C@H](C(=O)NC2CCCC2)N(C(=O)Cn2nnc3ccccc32)c2ccc(C)cc2C)c1. The van der Waals surface area contributed by atoms with Crippen LogP contribution in [0.1, 0.15) is 48.4 Å². The molecule has 1 fully saturated rings. The molecule has 208 valence electrons. The van der Waals surface area contributed by atoms with Crippen LogP contribution in [0.3, 0.4) is 0 Å². The molecule has 1 aromatic heterocycles. The number of hydrogen-bond donors (Lipinski definition) is 1. The Kier molecular flexibility index (Phi) is 8.00. The summed E-state index contributed by atoms with van der Waals surface area (Å²) < 4.78 is 12.8. The number of rotatable bonds is 9. The van der Waals surface area contributed by atoms with Gasteiger partial charge in [0.2, 0.25) is 11.8 Å². The Morgan fingerprint density at radius 1 is 1.02 bits per heavy atom. The maximum absolute atomic E-state index is 14.4. The largest absolute Gasteiger partial charge is 0.497 e. The van der Waals surface area contributed by atoms with Crippen LogP contribution in [0.15, 0.2) is 60.7 Å². The van der Waals surface area contributed by atoms with E-state index >= 15 is 0 Å². The second-order valence-electron chi connectivity index (χ2n) is 10.3. The molecule has 0 saturated heterocycles. The highest BCUT2D eigenvalue weighted by Crippen LogP contribution is 2.38. The summed E-state index contributed by atoms with van der Waals surface area (Å²) in [6.45, 7) is 3.84. The number of methoxy groups -OCH3 is 2. The van der Waals surface area contributed by atoms with Gasteiger partial charge in [-0.05, 0) is 68.7 Å². The molecule has 1 heterocycles. The lowest BCUT2D eigenvalue weighted by molar-refractivity contribution is -0.127. The molecular weight excluding hydrogens is 506 g/mol. The molecule has 1 aliphatic carbocycles. The Morgan fingerprint density at radius 3 is 2.52 bits per heavy atom. The van der Waals surface area contributed by atoms with Crippen molar-refractivity contribution < 1.29 is 19.1 Å². The van der Waals surface area contributed by atoms with Crippen LogP contribution in [0.25, 0.3) is 11.0 Å². The molecule has 1 saturated carbocycles. The van der Waals surface area contributed by atoms with Gasteiger partial charge in [-0.15, -0.1) is 5.10 Å². The normalized spacial score (nSPS) is 14.2. The van der Waals surface area contributed by atoms with Gasteiger partial charge < -0.3 is 14.8 Å². The summed E-state index contributed by atoms with van der Waals surface area (Å²) in [5.74, 6) is 0.472. The van der Waals surface area contributed by atoms with Crippen LogP contribution in [-0.4, -0.2) is 47.1 Å². The number of carbonyl (C=O) groups is 2. The number of ether oxygens (including phenoxy) is 2. The number of amides is 2. The minimum Gasteiger partial charge on any atom is -0.497 e. The van der Waals surface area contributed by atoms with E-state index in [4.69, 9.17) is 9.47 Å². The van der Waals surface area contributed by atoms with Crippen molar-refractivity contribution in [2.75, 3.05) is 19.1 Å². The molecule has 40 heavy (non-hydrogen) atoms. The zero-order chi connectivity index (χ0) is 28.2. The van der Waals surface area contributed by atoms with E-state index in [9.17, 15) is 9.59 Å². The number of para-hydroxylation sites is 1. The van der Waals surface area contributed by atoms with Crippen molar-refractivity contribution in [2.24, 2.45) is 0 Å². The highest BCUT2D eigenvalue weighted by Gasteiger charge is 2.37. The van der Waals surface area contributed by atoms with Crippen LogP contribution < -0.4 is 19.7 Å². The third kappa shape index (κ3) is 5.50. The van der Waals surface area contributed by atoms with E-state index in [1.807, 2.05) is 56.3 Å². The van der Waals surface area contributed by atoms with Gasteiger partial charge in [0.25, 0.3) is 0 Å². The predicted octanol–water partition coefficient (Wildman–Crippen LogP) is 4.90. The standard InChI is InChI=1S/C31H35N5O4/c1-20-13-15-26(21(2)17-20)36(29(37)19-35-27-12-8-7-11-25(27)33-34-35)30(31(38)32-22-9-5-6-10-22)24-18-23(39-3)14-16-28(24)40-4/h7-8,11-18,22,30H,5-6,9-10,19H2,1-4H3,(H,32,38)/t30-/m1/s1. The molecule has 1 atom stereocenters. The molecule has 1 aliphatic rings. The Balaban J connectivity index is 1.66. The third-order valence-electron chi connectivity index (χ3n) is 7.53. The molecule has 0 unspecified atom stereocenters. The van der Waals surface area contributed by atoms with Gasteiger partial charge in [0.05, 0.1) is 19.7 Å². The maximum Gasteiger partial charge on any atom is 0.249 e. The van der Waals surface area contributed by atoms with Gasteiger partial charge in [-0.3, -0.25) is 14.5 Å². The molecule has 9 heteroatoms. The number of anilines is 1. The number of carbonyl (C=O) groups excluding carboxylic acids is 2. The van der Waals surface area contributed by atoms with Crippen LogP contribution in [0, 0.1) is 13.8 Å². The van der Waals surface area contributed by atoms with Crippen LogP contribution in [0.5, 0.6) is 11.5 Å². The number of hydrogen-bond acceptors (Lipinski definition) is 6. The number of aromatic nitrogens is 3. The Labute approximate surface area is 234 Å².